The van der Waals surface area contributed by atoms with Crippen LogP contribution in [0.25, 0.3) is 0 Å². The van der Waals surface area contributed by atoms with Crippen molar-refractivity contribution in [3.63, 3.8) is 0 Å². The average molecular weight is 534 g/mol. The number of methoxy groups -OCH3 is 2. The molecular formula is C22H39IN4O3. The number of guanidine groups is 1. The largest absolute Gasteiger partial charge is 0.497 e. The van der Waals surface area contributed by atoms with E-state index >= 15 is 0 Å². The van der Waals surface area contributed by atoms with Crippen LogP contribution in [0.3, 0.4) is 0 Å². The number of piperazine rings is 1. The Morgan fingerprint density at radius 2 is 1.83 bits per heavy atom. The van der Waals surface area contributed by atoms with Gasteiger partial charge in [-0.25, -0.2) is 0 Å². The molecule has 0 amide bonds. The molecule has 0 aromatic heterocycles. The highest BCUT2D eigenvalue weighted by molar-refractivity contribution is 14.0. The zero-order valence-electron chi connectivity index (χ0n) is 19.0. The fourth-order valence-corrected chi connectivity index (χ4v) is 3.44. The minimum Gasteiger partial charge on any atom is -0.497 e. The molecule has 0 aliphatic carbocycles. The number of hydrogen-bond acceptors (Lipinski definition) is 5. The molecule has 2 rings (SSSR count). The summed E-state index contributed by atoms with van der Waals surface area (Å²) >= 11 is 0. The first kappa shape index (κ1) is 26.8. The Labute approximate surface area is 199 Å². The van der Waals surface area contributed by atoms with Crippen molar-refractivity contribution in [2.45, 2.75) is 33.2 Å². The second kappa shape index (κ2) is 15.5. The Morgan fingerprint density at radius 1 is 1.07 bits per heavy atom. The molecule has 1 aliphatic heterocycles. The summed E-state index contributed by atoms with van der Waals surface area (Å²) in [5.74, 6) is 2.81. The van der Waals surface area contributed by atoms with E-state index in [4.69, 9.17) is 19.2 Å². The standard InChI is InChI=1S/C22H38N4O3.HI/c1-5-23-22(24-11-7-8-16-29-6-2)26-14-12-25(13-15-26)18-19-17-20(27-3)9-10-21(19)28-4;/h9-10,17H,5-8,11-16,18H2,1-4H3,(H,23,24);1H. The quantitative estimate of drug-likeness (QED) is 0.204. The molecule has 1 aromatic carbocycles. The van der Waals surface area contributed by atoms with Crippen molar-refractivity contribution in [2.75, 3.05) is 66.7 Å². The van der Waals surface area contributed by atoms with Crippen LogP contribution in [0.4, 0.5) is 0 Å². The van der Waals surface area contributed by atoms with Crippen LogP contribution >= 0.6 is 24.0 Å². The summed E-state index contributed by atoms with van der Waals surface area (Å²) in [6.45, 7) is 12.3. The third kappa shape index (κ3) is 8.85. The summed E-state index contributed by atoms with van der Waals surface area (Å²) < 4.78 is 16.3. The maximum Gasteiger partial charge on any atom is 0.194 e. The monoisotopic (exact) mass is 534 g/mol. The van der Waals surface area contributed by atoms with Crippen LogP contribution < -0.4 is 14.8 Å². The Balaban J connectivity index is 0.00000450. The normalized spacial score (nSPS) is 14.9. The number of ether oxygens (including phenoxy) is 3. The van der Waals surface area contributed by atoms with Crippen LogP contribution in [0, 0.1) is 0 Å². The van der Waals surface area contributed by atoms with Crippen molar-refractivity contribution in [1.82, 2.24) is 15.1 Å². The van der Waals surface area contributed by atoms with Crippen molar-refractivity contribution in [3.05, 3.63) is 23.8 Å². The van der Waals surface area contributed by atoms with Gasteiger partial charge in [0, 0.05) is 64.6 Å². The lowest BCUT2D eigenvalue weighted by Gasteiger charge is -2.36. The van der Waals surface area contributed by atoms with E-state index in [0.29, 0.717) is 0 Å². The molecular weight excluding hydrogens is 495 g/mol. The minimum absolute atomic E-state index is 0. The van der Waals surface area contributed by atoms with Crippen LogP contribution in [-0.2, 0) is 11.3 Å². The van der Waals surface area contributed by atoms with Crippen molar-refractivity contribution in [2.24, 2.45) is 4.99 Å². The van der Waals surface area contributed by atoms with E-state index < -0.39 is 0 Å². The molecule has 30 heavy (non-hydrogen) atoms. The lowest BCUT2D eigenvalue weighted by molar-refractivity contribution is 0.144. The molecule has 0 radical (unpaired) electrons. The highest BCUT2D eigenvalue weighted by Gasteiger charge is 2.20. The molecule has 1 heterocycles. The summed E-state index contributed by atoms with van der Waals surface area (Å²) in [7, 11) is 3.42. The average Bonchev–Trinajstić information content (AvgIpc) is 2.76. The van der Waals surface area contributed by atoms with E-state index in [-0.39, 0.29) is 24.0 Å². The van der Waals surface area contributed by atoms with Crippen LogP contribution in [0.2, 0.25) is 0 Å². The zero-order chi connectivity index (χ0) is 20.9. The first-order valence-electron chi connectivity index (χ1n) is 10.8. The Kier molecular flexibility index (Phi) is 13.9. The van der Waals surface area contributed by atoms with Crippen molar-refractivity contribution in [3.8, 4) is 11.5 Å². The molecule has 1 fully saturated rings. The second-order valence-corrected chi connectivity index (χ2v) is 7.08. The van der Waals surface area contributed by atoms with Gasteiger partial charge in [0.1, 0.15) is 11.5 Å². The van der Waals surface area contributed by atoms with E-state index in [1.54, 1.807) is 14.2 Å². The van der Waals surface area contributed by atoms with Gasteiger partial charge in [0.05, 0.1) is 14.2 Å². The molecule has 172 valence electrons. The fourth-order valence-electron chi connectivity index (χ4n) is 3.44. The number of nitrogens with zero attached hydrogens (tertiary/aromatic N) is 3. The maximum atomic E-state index is 5.53. The van der Waals surface area contributed by atoms with Crippen molar-refractivity contribution < 1.29 is 14.2 Å². The second-order valence-electron chi connectivity index (χ2n) is 7.08. The van der Waals surface area contributed by atoms with Crippen LogP contribution in [0.15, 0.2) is 23.2 Å². The van der Waals surface area contributed by atoms with Gasteiger partial charge >= 0.3 is 0 Å². The Morgan fingerprint density at radius 3 is 2.47 bits per heavy atom. The molecule has 0 spiro atoms. The summed E-state index contributed by atoms with van der Waals surface area (Å²) in [5.41, 5.74) is 1.16. The van der Waals surface area contributed by atoms with Crippen LogP contribution in [-0.4, -0.2) is 82.5 Å². The van der Waals surface area contributed by atoms with Gasteiger partial charge in [-0.1, -0.05) is 0 Å². The summed E-state index contributed by atoms with van der Waals surface area (Å²) in [4.78, 5) is 9.64. The summed E-state index contributed by atoms with van der Waals surface area (Å²) in [6.07, 6.45) is 2.12. The van der Waals surface area contributed by atoms with Crippen LogP contribution in [0.1, 0.15) is 32.3 Å². The number of unbranched alkanes of at least 4 members (excludes halogenated alkanes) is 1. The van der Waals surface area contributed by atoms with Gasteiger partial charge in [-0.05, 0) is 44.9 Å². The van der Waals surface area contributed by atoms with Crippen molar-refractivity contribution >= 4 is 29.9 Å². The first-order valence-corrected chi connectivity index (χ1v) is 10.8. The predicted octanol–water partition coefficient (Wildman–Crippen LogP) is 3.22. The Hall–Kier alpha value is -1.26. The lowest BCUT2D eigenvalue weighted by Crippen LogP contribution is -2.52. The van der Waals surface area contributed by atoms with Gasteiger partial charge in [-0.15, -0.1) is 24.0 Å². The molecule has 0 unspecified atom stereocenters. The minimum atomic E-state index is 0. The molecule has 1 aliphatic rings. The fraction of sp³-hybridized carbons (Fsp3) is 0.682. The molecule has 0 bridgehead atoms. The van der Waals surface area contributed by atoms with E-state index in [2.05, 4.69) is 28.1 Å². The van der Waals surface area contributed by atoms with E-state index in [1.165, 1.54) is 0 Å². The SMILES string of the molecule is CCNC(=NCCCCOCC)N1CCN(Cc2cc(OC)ccc2OC)CC1.I. The van der Waals surface area contributed by atoms with Gasteiger partial charge in [0.25, 0.3) is 0 Å². The lowest BCUT2D eigenvalue weighted by atomic mass is 10.1. The number of rotatable bonds is 11. The van der Waals surface area contributed by atoms with Gasteiger partial charge in [-0.3, -0.25) is 9.89 Å². The van der Waals surface area contributed by atoms with Crippen LogP contribution in [0.5, 0.6) is 11.5 Å². The molecule has 1 N–H and O–H groups in total. The topological polar surface area (TPSA) is 58.6 Å². The smallest absolute Gasteiger partial charge is 0.194 e. The summed E-state index contributed by atoms with van der Waals surface area (Å²) in [5, 5.41) is 3.44. The van der Waals surface area contributed by atoms with Gasteiger partial charge in [0.2, 0.25) is 0 Å². The molecule has 7 nitrogen and oxygen atoms in total. The Bertz CT molecular complexity index is 622. The number of hydrogen-bond donors (Lipinski definition) is 1. The van der Waals surface area contributed by atoms with Gasteiger partial charge in [-0.2, -0.15) is 0 Å². The summed E-state index contributed by atoms with van der Waals surface area (Å²) in [6, 6.07) is 5.98. The number of nitrogens with one attached hydrogen (secondary N) is 1. The van der Waals surface area contributed by atoms with E-state index in [9.17, 15) is 0 Å². The highest BCUT2D eigenvalue weighted by Crippen LogP contribution is 2.25. The number of benzene rings is 1. The third-order valence-electron chi connectivity index (χ3n) is 5.05. The maximum absolute atomic E-state index is 5.53. The third-order valence-corrected chi connectivity index (χ3v) is 5.05. The molecule has 1 aromatic rings. The van der Waals surface area contributed by atoms with E-state index in [0.717, 1.165) is 94.9 Å². The van der Waals surface area contributed by atoms with Crippen molar-refractivity contribution in [1.29, 1.82) is 0 Å². The molecule has 0 atom stereocenters. The molecule has 0 saturated carbocycles. The highest BCUT2D eigenvalue weighted by atomic mass is 127. The van der Waals surface area contributed by atoms with Gasteiger partial charge < -0.3 is 24.4 Å². The zero-order valence-corrected chi connectivity index (χ0v) is 21.3. The molecule has 8 heteroatoms. The first-order chi connectivity index (χ1) is 14.2. The van der Waals surface area contributed by atoms with Gasteiger partial charge in [0.15, 0.2) is 5.96 Å². The predicted molar refractivity (Wildman–Crippen MR) is 134 cm³/mol. The number of aliphatic imine (C=N–C) groups is 1. The van der Waals surface area contributed by atoms with E-state index in [1.807, 2.05) is 19.1 Å². The molecule has 1 saturated heterocycles. The number of halogens is 1.